The molecule has 0 unspecified atom stereocenters. The first kappa shape index (κ1) is 18.3. The van der Waals surface area contributed by atoms with Crippen molar-refractivity contribution in [2.75, 3.05) is 39.3 Å². The quantitative estimate of drug-likeness (QED) is 0.793. The monoisotopic (exact) mass is 319 g/mol. The first-order chi connectivity index (χ1) is 11.2. The van der Waals surface area contributed by atoms with Crippen molar-refractivity contribution in [3.8, 4) is 0 Å². The fourth-order valence-corrected chi connectivity index (χ4v) is 3.05. The van der Waals surface area contributed by atoms with Crippen LogP contribution >= 0.6 is 0 Å². The number of aromatic nitrogens is 1. The Morgan fingerprint density at radius 2 is 1.65 bits per heavy atom. The van der Waals surface area contributed by atoms with Crippen LogP contribution in [-0.4, -0.2) is 49.2 Å². The second-order valence-corrected chi connectivity index (χ2v) is 6.53. The number of rotatable bonds is 3. The van der Waals surface area contributed by atoms with Gasteiger partial charge in [-0.25, -0.2) is 0 Å². The molecule has 0 aromatic carbocycles. The SMILES string of the molecule is C[C@H]1NCCCN(CCCN)CCCN[C@H](C)c2cccc1n2. The summed E-state index contributed by atoms with van der Waals surface area (Å²) >= 11 is 0. The molecule has 1 aliphatic heterocycles. The van der Waals surface area contributed by atoms with Gasteiger partial charge in [0.25, 0.3) is 0 Å². The van der Waals surface area contributed by atoms with Gasteiger partial charge in [-0.1, -0.05) is 6.07 Å². The predicted octanol–water partition coefficient (Wildman–Crippen LogP) is 1.83. The topological polar surface area (TPSA) is 66.2 Å². The fraction of sp³-hybridized carbons (Fsp3) is 0.722. The number of nitrogens with zero attached hydrogens (tertiary/aromatic N) is 2. The van der Waals surface area contributed by atoms with E-state index in [-0.39, 0.29) is 0 Å². The van der Waals surface area contributed by atoms with E-state index < -0.39 is 0 Å². The van der Waals surface area contributed by atoms with Gasteiger partial charge in [-0.15, -0.1) is 0 Å². The van der Waals surface area contributed by atoms with Crippen molar-refractivity contribution in [2.45, 2.75) is 45.2 Å². The predicted molar refractivity (Wildman–Crippen MR) is 96.4 cm³/mol. The summed E-state index contributed by atoms with van der Waals surface area (Å²) in [6.45, 7) is 10.6. The molecule has 1 aromatic rings. The van der Waals surface area contributed by atoms with Gasteiger partial charge in [0.05, 0.1) is 11.4 Å². The Kier molecular flexibility index (Phi) is 7.95. The Balaban J connectivity index is 2.00. The molecule has 4 N–H and O–H groups in total. The highest BCUT2D eigenvalue weighted by Crippen LogP contribution is 2.15. The van der Waals surface area contributed by atoms with Crippen LogP contribution in [0.5, 0.6) is 0 Å². The molecule has 1 aliphatic rings. The maximum absolute atomic E-state index is 5.67. The van der Waals surface area contributed by atoms with Crippen molar-refractivity contribution in [3.63, 3.8) is 0 Å². The van der Waals surface area contributed by atoms with Gasteiger partial charge in [0, 0.05) is 12.1 Å². The van der Waals surface area contributed by atoms with E-state index in [4.69, 9.17) is 10.7 Å². The van der Waals surface area contributed by atoms with Crippen LogP contribution in [0.2, 0.25) is 0 Å². The average molecular weight is 319 g/mol. The van der Waals surface area contributed by atoms with Crippen LogP contribution in [0.25, 0.3) is 0 Å². The van der Waals surface area contributed by atoms with Gasteiger partial charge >= 0.3 is 0 Å². The van der Waals surface area contributed by atoms with Gasteiger partial charge in [-0.05, 0) is 84.5 Å². The smallest absolute Gasteiger partial charge is 0.0574 e. The molecule has 1 aromatic heterocycles. The summed E-state index contributed by atoms with van der Waals surface area (Å²) in [5.74, 6) is 0. The summed E-state index contributed by atoms with van der Waals surface area (Å²) in [6.07, 6.45) is 3.42. The minimum atomic E-state index is 0.294. The first-order valence-electron chi connectivity index (χ1n) is 9.06. The van der Waals surface area contributed by atoms with E-state index in [0.29, 0.717) is 12.1 Å². The number of fused-ring (bicyclic) bond motifs is 2. The third-order valence-electron chi connectivity index (χ3n) is 4.56. The maximum Gasteiger partial charge on any atom is 0.0574 e. The van der Waals surface area contributed by atoms with E-state index in [9.17, 15) is 0 Å². The zero-order chi connectivity index (χ0) is 16.5. The first-order valence-corrected chi connectivity index (χ1v) is 9.06. The molecule has 2 bridgehead atoms. The molecule has 0 fully saturated rings. The van der Waals surface area contributed by atoms with Gasteiger partial charge in [-0.2, -0.15) is 0 Å². The summed E-state index contributed by atoms with van der Waals surface area (Å²) < 4.78 is 0. The molecule has 0 spiro atoms. The zero-order valence-corrected chi connectivity index (χ0v) is 14.7. The maximum atomic E-state index is 5.67. The van der Waals surface area contributed by atoms with Gasteiger partial charge < -0.3 is 21.3 Å². The Bertz CT molecular complexity index is 418. The second kappa shape index (κ2) is 9.98. The van der Waals surface area contributed by atoms with Crippen LogP contribution in [0.3, 0.4) is 0 Å². The van der Waals surface area contributed by atoms with Crippen LogP contribution in [0.15, 0.2) is 18.2 Å². The Morgan fingerprint density at radius 1 is 1.09 bits per heavy atom. The van der Waals surface area contributed by atoms with Crippen LogP contribution in [-0.2, 0) is 0 Å². The van der Waals surface area contributed by atoms with Gasteiger partial charge in [0.2, 0.25) is 0 Å². The number of hydrogen-bond acceptors (Lipinski definition) is 5. The second-order valence-electron chi connectivity index (χ2n) is 6.53. The molecular formula is C18H33N5. The highest BCUT2D eigenvalue weighted by atomic mass is 15.1. The standard InChI is InChI=1S/C18H33N5/c1-15-17-7-3-8-18(22-17)16(2)21-11-6-14-23(12-4-9-19)13-5-10-20-15/h3,7-8,15-16,20-21H,4-6,9-14,19H2,1-2H3/t15-,16-/m1/s1. The third kappa shape index (κ3) is 6.18. The normalized spacial score (nSPS) is 25.0. The molecule has 0 amide bonds. The van der Waals surface area contributed by atoms with E-state index in [2.05, 4.69) is 47.6 Å². The lowest BCUT2D eigenvalue weighted by Crippen LogP contribution is -2.33. The summed E-state index contributed by atoms with van der Waals surface area (Å²) in [4.78, 5) is 7.38. The summed E-state index contributed by atoms with van der Waals surface area (Å²) in [6, 6.07) is 6.94. The lowest BCUT2D eigenvalue weighted by atomic mass is 10.1. The fourth-order valence-electron chi connectivity index (χ4n) is 3.05. The Morgan fingerprint density at radius 3 is 2.17 bits per heavy atom. The highest BCUT2D eigenvalue weighted by Gasteiger charge is 2.12. The lowest BCUT2D eigenvalue weighted by molar-refractivity contribution is 0.260. The van der Waals surface area contributed by atoms with Gasteiger partial charge in [0.15, 0.2) is 0 Å². The molecule has 23 heavy (non-hydrogen) atoms. The molecule has 2 atom stereocenters. The van der Waals surface area contributed by atoms with Gasteiger partial charge in [0.1, 0.15) is 0 Å². The summed E-state index contributed by atoms with van der Waals surface area (Å²) in [5, 5.41) is 7.20. The Hall–Kier alpha value is -1.01. The summed E-state index contributed by atoms with van der Waals surface area (Å²) in [7, 11) is 0. The number of pyridine rings is 1. The van der Waals surface area contributed by atoms with Crippen LogP contribution in [0.4, 0.5) is 0 Å². The van der Waals surface area contributed by atoms with Crippen molar-refractivity contribution < 1.29 is 0 Å². The molecule has 2 rings (SSSR count). The van der Waals surface area contributed by atoms with Crippen LogP contribution in [0.1, 0.15) is 56.6 Å². The van der Waals surface area contributed by atoms with Crippen LogP contribution in [0, 0.1) is 0 Å². The average Bonchev–Trinajstić information content (AvgIpc) is 2.58. The molecule has 5 nitrogen and oxygen atoms in total. The summed E-state index contributed by atoms with van der Waals surface area (Å²) in [5.41, 5.74) is 7.93. The van der Waals surface area contributed by atoms with Crippen LogP contribution < -0.4 is 16.4 Å². The third-order valence-corrected chi connectivity index (χ3v) is 4.56. The van der Waals surface area contributed by atoms with E-state index in [1.165, 1.54) is 12.8 Å². The molecule has 0 saturated heterocycles. The van der Waals surface area contributed by atoms with E-state index in [1.54, 1.807) is 0 Å². The molecule has 0 radical (unpaired) electrons. The van der Waals surface area contributed by atoms with Crippen molar-refractivity contribution in [1.29, 1.82) is 0 Å². The van der Waals surface area contributed by atoms with Crippen molar-refractivity contribution >= 4 is 0 Å². The largest absolute Gasteiger partial charge is 0.330 e. The molecular weight excluding hydrogens is 286 g/mol. The van der Waals surface area contributed by atoms with Crippen molar-refractivity contribution in [1.82, 2.24) is 20.5 Å². The molecule has 2 heterocycles. The zero-order valence-electron chi connectivity index (χ0n) is 14.7. The molecule has 5 heteroatoms. The van der Waals surface area contributed by atoms with E-state index in [0.717, 1.165) is 57.1 Å². The van der Waals surface area contributed by atoms with Gasteiger partial charge in [-0.3, -0.25) is 4.98 Å². The number of hydrogen-bond donors (Lipinski definition) is 3. The minimum Gasteiger partial charge on any atom is -0.330 e. The molecule has 0 saturated carbocycles. The van der Waals surface area contributed by atoms with Crippen molar-refractivity contribution in [2.24, 2.45) is 5.73 Å². The van der Waals surface area contributed by atoms with E-state index >= 15 is 0 Å². The number of nitrogens with two attached hydrogens (primary N) is 1. The molecule has 130 valence electrons. The molecule has 0 aliphatic carbocycles. The van der Waals surface area contributed by atoms with Crippen molar-refractivity contribution in [3.05, 3.63) is 29.6 Å². The number of nitrogens with one attached hydrogen (secondary N) is 2. The lowest BCUT2D eigenvalue weighted by Gasteiger charge is -2.24. The Labute approximate surface area is 141 Å². The minimum absolute atomic E-state index is 0.294. The highest BCUT2D eigenvalue weighted by molar-refractivity contribution is 5.16. The van der Waals surface area contributed by atoms with E-state index in [1.807, 2.05) is 0 Å².